The van der Waals surface area contributed by atoms with Gasteiger partial charge in [0.05, 0.1) is 10.2 Å². The van der Waals surface area contributed by atoms with E-state index in [4.69, 9.17) is 0 Å². The molecule has 0 fully saturated rings. The van der Waals surface area contributed by atoms with Crippen LogP contribution in [0.5, 0.6) is 0 Å². The molecule has 0 spiro atoms. The molecule has 1 nitrogen and oxygen atoms in total. The second-order valence-corrected chi connectivity index (χ2v) is 4.90. The molecule has 0 N–H and O–H groups in total. The SMILES string of the molecule is CC(C)c1cccc2sc(C(F)(F)F)nc12. The van der Waals surface area contributed by atoms with Crippen molar-refractivity contribution >= 4 is 21.6 Å². The van der Waals surface area contributed by atoms with E-state index >= 15 is 0 Å². The van der Waals surface area contributed by atoms with Crippen LogP contribution in [0.4, 0.5) is 13.2 Å². The van der Waals surface area contributed by atoms with E-state index < -0.39 is 11.2 Å². The largest absolute Gasteiger partial charge is 0.443 e. The highest BCUT2D eigenvalue weighted by Gasteiger charge is 2.35. The van der Waals surface area contributed by atoms with Gasteiger partial charge in [-0.15, -0.1) is 11.3 Å². The normalized spacial score (nSPS) is 12.6. The maximum absolute atomic E-state index is 12.5. The van der Waals surface area contributed by atoms with Crippen LogP contribution in [0.3, 0.4) is 0 Å². The van der Waals surface area contributed by atoms with Gasteiger partial charge < -0.3 is 0 Å². The zero-order chi connectivity index (χ0) is 11.9. The number of halogens is 3. The molecule has 0 radical (unpaired) electrons. The van der Waals surface area contributed by atoms with Crippen molar-refractivity contribution in [3.8, 4) is 0 Å². The number of rotatable bonds is 1. The maximum atomic E-state index is 12.5. The van der Waals surface area contributed by atoms with E-state index in [-0.39, 0.29) is 5.92 Å². The molecular formula is C11H10F3NS. The van der Waals surface area contributed by atoms with E-state index in [1.807, 2.05) is 19.9 Å². The number of fused-ring (bicyclic) bond motifs is 1. The highest BCUT2D eigenvalue weighted by molar-refractivity contribution is 7.18. The van der Waals surface area contributed by atoms with E-state index in [2.05, 4.69) is 4.98 Å². The summed E-state index contributed by atoms with van der Waals surface area (Å²) in [6.07, 6.45) is -4.35. The summed E-state index contributed by atoms with van der Waals surface area (Å²) in [5.74, 6) is 0.173. The van der Waals surface area contributed by atoms with E-state index in [0.29, 0.717) is 21.6 Å². The van der Waals surface area contributed by atoms with E-state index in [9.17, 15) is 13.2 Å². The molecule has 16 heavy (non-hydrogen) atoms. The summed E-state index contributed by atoms with van der Waals surface area (Å²) in [7, 11) is 0. The van der Waals surface area contributed by atoms with Gasteiger partial charge in [-0.1, -0.05) is 26.0 Å². The summed E-state index contributed by atoms with van der Waals surface area (Å²) in [4.78, 5) is 3.70. The fourth-order valence-electron chi connectivity index (χ4n) is 1.56. The van der Waals surface area contributed by atoms with Crippen molar-refractivity contribution in [3.05, 3.63) is 28.8 Å². The minimum atomic E-state index is -4.35. The Balaban J connectivity index is 2.66. The zero-order valence-corrected chi connectivity index (χ0v) is 9.62. The Kier molecular flexibility index (Phi) is 2.66. The van der Waals surface area contributed by atoms with Gasteiger partial charge in [0.25, 0.3) is 0 Å². The monoisotopic (exact) mass is 245 g/mol. The second kappa shape index (κ2) is 3.73. The molecule has 0 atom stereocenters. The molecule has 0 saturated heterocycles. The molecule has 0 saturated carbocycles. The Morgan fingerprint density at radius 2 is 1.94 bits per heavy atom. The Labute approximate surface area is 94.9 Å². The average molecular weight is 245 g/mol. The molecule has 86 valence electrons. The molecule has 1 aromatic carbocycles. The van der Waals surface area contributed by atoms with Gasteiger partial charge in [-0.25, -0.2) is 4.98 Å². The van der Waals surface area contributed by atoms with Crippen molar-refractivity contribution in [3.63, 3.8) is 0 Å². The molecule has 1 aromatic heterocycles. The van der Waals surface area contributed by atoms with Crippen LogP contribution in [0.2, 0.25) is 0 Å². The Hall–Kier alpha value is -1.10. The topological polar surface area (TPSA) is 12.9 Å². The lowest BCUT2D eigenvalue weighted by Gasteiger charge is -2.04. The van der Waals surface area contributed by atoms with Crippen LogP contribution in [0.25, 0.3) is 10.2 Å². The van der Waals surface area contributed by atoms with Crippen molar-refractivity contribution in [1.82, 2.24) is 4.98 Å². The summed E-state index contributed by atoms with van der Waals surface area (Å²) in [6, 6.07) is 5.27. The van der Waals surface area contributed by atoms with Gasteiger partial charge in [0.2, 0.25) is 0 Å². The minimum absolute atomic E-state index is 0.173. The van der Waals surface area contributed by atoms with Gasteiger partial charge in [-0.3, -0.25) is 0 Å². The van der Waals surface area contributed by atoms with Crippen molar-refractivity contribution in [2.24, 2.45) is 0 Å². The summed E-state index contributed by atoms with van der Waals surface area (Å²) >= 11 is 0.700. The van der Waals surface area contributed by atoms with Crippen LogP contribution < -0.4 is 0 Å². The molecule has 0 aliphatic heterocycles. The standard InChI is InChI=1S/C11H10F3NS/c1-6(2)7-4-3-5-8-9(7)15-10(16-8)11(12,13)14/h3-6H,1-2H3. The average Bonchev–Trinajstić information content (AvgIpc) is 2.59. The lowest BCUT2D eigenvalue weighted by Crippen LogP contribution is -2.03. The Bertz CT molecular complexity index is 513. The molecule has 0 aliphatic rings. The van der Waals surface area contributed by atoms with Crippen LogP contribution in [0, 0.1) is 0 Å². The number of para-hydroxylation sites is 1. The highest BCUT2D eigenvalue weighted by Crippen LogP contribution is 2.37. The van der Waals surface area contributed by atoms with Gasteiger partial charge >= 0.3 is 6.18 Å². The summed E-state index contributed by atoms with van der Waals surface area (Å²) < 4.78 is 38.1. The smallest absolute Gasteiger partial charge is 0.232 e. The Morgan fingerprint density at radius 3 is 2.50 bits per heavy atom. The van der Waals surface area contributed by atoms with Gasteiger partial charge in [-0.2, -0.15) is 13.2 Å². The summed E-state index contributed by atoms with van der Waals surface area (Å²) in [6.45, 7) is 3.89. The van der Waals surface area contributed by atoms with Crippen molar-refractivity contribution in [2.75, 3.05) is 0 Å². The second-order valence-electron chi connectivity index (χ2n) is 3.87. The third kappa shape index (κ3) is 1.91. The van der Waals surface area contributed by atoms with Crippen LogP contribution in [-0.2, 0) is 6.18 Å². The summed E-state index contributed by atoms with van der Waals surface area (Å²) in [5, 5.41) is -0.768. The molecule has 5 heteroatoms. The molecular weight excluding hydrogens is 235 g/mol. The fourth-order valence-corrected chi connectivity index (χ4v) is 2.42. The third-order valence-electron chi connectivity index (χ3n) is 2.31. The zero-order valence-electron chi connectivity index (χ0n) is 8.80. The van der Waals surface area contributed by atoms with Crippen LogP contribution in [0.1, 0.15) is 30.3 Å². The number of benzene rings is 1. The third-order valence-corrected chi connectivity index (χ3v) is 3.38. The van der Waals surface area contributed by atoms with Crippen molar-refractivity contribution in [2.45, 2.75) is 25.9 Å². The lowest BCUT2D eigenvalue weighted by molar-refractivity contribution is -0.137. The predicted octanol–water partition coefficient (Wildman–Crippen LogP) is 4.44. The van der Waals surface area contributed by atoms with E-state index in [0.717, 1.165) is 5.56 Å². The first-order valence-corrected chi connectivity index (χ1v) is 5.68. The molecule has 0 amide bonds. The van der Waals surface area contributed by atoms with Crippen molar-refractivity contribution < 1.29 is 13.2 Å². The molecule has 0 aliphatic carbocycles. The minimum Gasteiger partial charge on any atom is -0.232 e. The molecule has 2 aromatic rings. The van der Waals surface area contributed by atoms with Gasteiger partial charge in [0.1, 0.15) is 0 Å². The molecule has 2 rings (SSSR count). The first kappa shape index (κ1) is 11.4. The number of hydrogen-bond acceptors (Lipinski definition) is 2. The van der Waals surface area contributed by atoms with Crippen LogP contribution in [-0.4, -0.2) is 4.98 Å². The number of hydrogen-bond donors (Lipinski definition) is 0. The molecule has 0 unspecified atom stereocenters. The summed E-state index contributed by atoms with van der Waals surface area (Å²) in [5.41, 5.74) is 1.35. The van der Waals surface area contributed by atoms with Crippen LogP contribution in [0.15, 0.2) is 18.2 Å². The Morgan fingerprint density at radius 1 is 1.25 bits per heavy atom. The van der Waals surface area contributed by atoms with E-state index in [1.54, 1.807) is 12.1 Å². The van der Waals surface area contributed by atoms with Crippen molar-refractivity contribution in [1.29, 1.82) is 0 Å². The van der Waals surface area contributed by atoms with Crippen LogP contribution >= 0.6 is 11.3 Å². The van der Waals surface area contributed by atoms with Gasteiger partial charge in [-0.05, 0) is 17.5 Å². The first-order valence-electron chi connectivity index (χ1n) is 4.86. The fraction of sp³-hybridized carbons (Fsp3) is 0.364. The highest BCUT2D eigenvalue weighted by atomic mass is 32.1. The first-order chi connectivity index (χ1) is 7.39. The quantitative estimate of drug-likeness (QED) is 0.723. The number of alkyl halides is 3. The molecule has 1 heterocycles. The number of thiazole rings is 1. The maximum Gasteiger partial charge on any atom is 0.443 e. The lowest BCUT2D eigenvalue weighted by atomic mass is 10.0. The predicted molar refractivity (Wildman–Crippen MR) is 58.7 cm³/mol. The van der Waals surface area contributed by atoms with E-state index in [1.165, 1.54) is 0 Å². The van der Waals surface area contributed by atoms with Gasteiger partial charge in [0, 0.05) is 0 Å². The van der Waals surface area contributed by atoms with Gasteiger partial charge in [0.15, 0.2) is 5.01 Å². The number of aromatic nitrogens is 1. The molecule has 0 bridgehead atoms. The number of nitrogens with zero attached hydrogens (tertiary/aromatic N) is 1.